The zero-order valence-corrected chi connectivity index (χ0v) is 24.6. The highest BCUT2D eigenvalue weighted by Crippen LogP contribution is 2.33. The van der Waals surface area contributed by atoms with Crippen LogP contribution in [0.4, 0.5) is 11.6 Å². The molecule has 42 heavy (non-hydrogen) atoms. The molecule has 2 aliphatic rings. The van der Waals surface area contributed by atoms with Crippen LogP contribution in [0.3, 0.4) is 0 Å². The minimum atomic E-state index is -0.255. The van der Waals surface area contributed by atoms with Gasteiger partial charge in [0, 0.05) is 57.3 Å². The van der Waals surface area contributed by atoms with Crippen LogP contribution in [0.5, 0.6) is 0 Å². The van der Waals surface area contributed by atoms with Crippen molar-refractivity contribution < 1.29 is 9.53 Å². The summed E-state index contributed by atoms with van der Waals surface area (Å²) in [5.41, 5.74) is 5.01. The standard InChI is InChI=1S/C30H38N10O2/c1-30(2,3)40-19-27(36-37-40)28(41)34-26-8-12-39(23-9-13-42-14-10-23)17-21-15-20(5-6-24(21)26)25-7-11-31-29(35-25)33-22-16-32-38(4)18-22/h5-7,11,15-16,18-19,23,26H,8-10,12-14,17H2,1-4H3,(H,34,41)(H,31,33,35)/t26-/m1/s1. The molecule has 220 valence electrons. The summed E-state index contributed by atoms with van der Waals surface area (Å²) in [5, 5.41) is 19.0. The quantitative estimate of drug-likeness (QED) is 0.356. The normalized spacial score (nSPS) is 18.3. The van der Waals surface area contributed by atoms with E-state index in [0.717, 1.165) is 68.1 Å². The van der Waals surface area contributed by atoms with Crippen molar-refractivity contribution >= 4 is 17.5 Å². The van der Waals surface area contributed by atoms with Crippen molar-refractivity contribution in [2.45, 2.75) is 64.2 Å². The summed E-state index contributed by atoms with van der Waals surface area (Å²) in [4.78, 5) is 25.1. The van der Waals surface area contributed by atoms with Gasteiger partial charge < -0.3 is 15.4 Å². The molecule has 0 bridgehead atoms. The fourth-order valence-corrected chi connectivity index (χ4v) is 5.62. The van der Waals surface area contributed by atoms with Gasteiger partial charge in [0.05, 0.1) is 35.4 Å². The van der Waals surface area contributed by atoms with E-state index in [0.29, 0.717) is 17.7 Å². The molecule has 0 unspecified atom stereocenters. The minimum Gasteiger partial charge on any atom is -0.381 e. The van der Waals surface area contributed by atoms with Gasteiger partial charge >= 0.3 is 0 Å². The number of benzene rings is 1. The SMILES string of the molecule is Cn1cc(Nc2nccc(-c3ccc4c(c3)CN(C3CCOCC3)CC[C@H]4NC(=O)c3cn(C(C)(C)C)nn3)n2)cn1. The molecule has 12 heteroatoms. The van der Waals surface area contributed by atoms with E-state index in [1.807, 2.05) is 40.1 Å². The van der Waals surface area contributed by atoms with E-state index in [1.54, 1.807) is 28.0 Å². The van der Waals surface area contributed by atoms with Crippen molar-refractivity contribution in [3.8, 4) is 11.3 Å². The van der Waals surface area contributed by atoms with Crippen molar-refractivity contribution in [2.24, 2.45) is 7.05 Å². The molecule has 0 saturated carbocycles. The highest BCUT2D eigenvalue weighted by atomic mass is 16.5. The largest absolute Gasteiger partial charge is 0.381 e. The number of nitrogens with one attached hydrogen (secondary N) is 2. The summed E-state index contributed by atoms with van der Waals surface area (Å²) < 4.78 is 9.10. The Morgan fingerprint density at radius 1 is 1.10 bits per heavy atom. The van der Waals surface area contributed by atoms with E-state index >= 15 is 0 Å². The van der Waals surface area contributed by atoms with Crippen LogP contribution in [0.25, 0.3) is 11.3 Å². The Hall–Kier alpha value is -4.16. The molecule has 6 rings (SSSR count). The van der Waals surface area contributed by atoms with Crippen LogP contribution in [0.1, 0.15) is 67.7 Å². The second kappa shape index (κ2) is 11.6. The van der Waals surface area contributed by atoms with E-state index in [4.69, 9.17) is 9.72 Å². The van der Waals surface area contributed by atoms with Gasteiger partial charge in [-0.25, -0.2) is 14.6 Å². The van der Waals surface area contributed by atoms with Crippen LogP contribution >= 0.6 is 0 Å². The number of rotatable bonds is 6. The smallest absolute Gasteiger partial charge is 0.273 e. The number of anilines is 2. The predicted molar refractivity (Wildman–Crippen MR) is 158 cm³/mol. The van der Waals surface area contributed by atoms with E-state index in [9.17, 15) is 4.79 Å². The van der Waals surface area contributed by atoms with E-state index in [2.05, 4.69) is 54.1 Å². The van der Waals surface area contributed by atoms with E-state index < -0.39 is 0 Å². The summed E-state index contributed by atoms with van der Waals surface area (Å²) >= 11 is 0. The highest BCUT2D eigenvalue weighted by molar-refractivity contribution is 5.92. The van der Waals surface area contributed by atoms with Crippen LogP contribution in [-0.2, 0) is 23.9 Å². The molecule has 3 aromatic heterocycles. The van der Waals surface area contributed by atoms with Crippen LogP contribution in [-0.4, -0.2) is 71.3 Å². The van der Waals surface area contributed by atoms with Crippen LogP contribution in [0.2, 0.25) is 0 Å². The maximum absolute atomic E-state index is 13.3. The third-order valence-corrected chi connectivity index (χ3v) is 7.94. The molecule has 0 aliphatic carbocycles. The zero-order chi connectivity index (χ0) is 29.3. The molecule has 1 saturated heterocycles. The number of carbonyl (C=O) groups is 1. The third kappa shape index (κ3) is 6.19. The molecular formula is C30H38N10O2. The number of hydrogen-bond acceptors (Lipinski definition) is 9. The number of nitrogens with zero attached hydrogens (tertiary/aromatic N) is 8. The molecule has 1 atom stereocenters. The zero-order valence-electron chi connectivity index (χ0n) is 24.6. The lowest BCUT2D eigenvalue weighted by Gasteiger charge is -2.33. The van der Waals surface area contributed by atoms with Crippen LogP contribution in [0.15, 0.2) is 49.1 Å². The molecule has 1 amide bonds. The fraction of sp³-hybridized carbons (Fsp3) is 0.467. The first-order chi connectivity index (χ1) is 20.2. The fourth-order valence-electron chi connectivity index (χ4n) is 5.62. The van der Waals surface area contributed by atoms with Gasteiger partial charge in [0.1, 0.15) is 0 Å². The first kappa shape index (κ1) is 28.0. The molecular weight excluding hydrogens is 532 g/mol. The Balaban J connectivity index is 1.29. The number of fused-ring (bicyclic) bond motifs is 1. The summed E-state index contributed by atoms with van der Waals surface area (Å²) in [5.74, 6) is 0.291. The number of amides is 1. The second-order valence-corrected chi connectivity index (χ2v) is 12.1. The van der Waals surface area contributed by atoms with Gasteiger partial charge in [-0.05, 0) is 63.3 Å². The van der Waals surface area contributed by atoms with Crippen molar-refractivity contribution in [3.63, 3.8) is 0 Å². The number of hydrogen-bond donors (Lipinski definition) is 2. The molecule has 0 radical (unpaired) electrons. The lowest BCUT2D eigenvalue weighted by atomic mass is 9.96. The first-order valence-corrected chi connectivity index (χ1v) is 14.5. The third-order valence-electron chi connectivity index (χ3n) is 7.94. The van der Waals surface area contributed by atoms with Gasteiger partial charge in [0.2, 0.25) is 5.95 Å². The lowest BCUT2D eigenvalue weighted by molar-refractivity contribution is 0.0309. The average molecular weight is 571 g/mol. The predicted octanol–water partition coefficient (Wildman–Crippen LogP) is 3.82. The number of aryl methyl sites for hydroxylation is 1. The van der Waals surface area contributed by atoms with Gasteiger partial charge in [-0.2, -0.15) is 5.10 Å². The molecule has 0 spiro atoms. The Labute approximate surface area is 245 Å². The second-order valence-electron chi connectivity index (χ2n) is 12.1. The average Bonchev–Trinajstić information content (AvgIpc) is 3.61. The summed E-state index contributed by atoms with van der Waals surface area (Å²) in [6.07, 6.45) is 9.91. The molecule has 2 aliphatic heterocycles. The summed E-state index contributed by atoms with van der Waals surface area (Å²) in [6.45, 7) is 9.33. The van der Waals surface area contributed by atoms with E-state index in [-0.39, 0.29) is 17.5 Å². The number of aromatic nitrogens is 7. The Kier molecular flexibility index (Phi) is 7.74. The maximum Gasteiger partial charge on any atom is 0.273 e. The Morgan fingerprint density at radius 2 is 1.93 bits per heavy atom. The van der Waals surface area contributed by atoms with Crippen molar-refractivity contribution in [3.05, 3.63) is 65.9 Å². The topological polar surface area (TPSA) is 128 Å². The first-order valence-electron chi connectivity index (χ1n) is 14.5. The Morgan fingerprint density at radius 3 is 2.67 bits per heavy atom. The lowest BCUT2D eigenvalue weighted by Crippen LogP contribution is -2.39. The number of carbonyl (C=O) groups excluding carboxylic acids is 1. The van der Waals surface area contributed by atoms with Crippen molar-refractivity contribution in [2.75, 3.05) is 25.1 Å². The van der Waals surface area contributed by atoms with Crippen LogP contribution in [0, 0.1) is 0 Å². The molecule has 12 nitrogen and oxygen atoms in total. The van der Waals surface area contributed by atoms with E-state index in [1.165, 1.54) is 5.56 Å². The summed E-state index contributed by atoms with van der Waals surface area (Å²) in [7, 11) is 1.87. The molecule has 1 fully saturated rings. The highest BCUT2D eigenvalue weighted by Gasteiger charge is 2.30. The monoisotopic (exact) mass is 570 g/mol. The number of ether oxygens (including phenoxy) is 1. The van der Waals surface area contributed by atoms with Gasteiger partial charge in [0.15, 0.2) is 5.69 Å². The van der Waals surface area contributed by atoms with Gasteiger partial charge in [-0.15, -0.1) is 5.10 Å². The van der Waals surface area contributed by atoms with Gasteiger partial charge in [-0.1, -0.05) is 17.3 Å². The maximum atomic E-state index is 13.3. The van der Waals surface area contributed by atoms with Gasteiger partial charge in [0.25, 0.3) is 5.91 Å². The van der Waals surface area contributed by atoms with Gasteiger partial charge in [-0.3, -0.25) is 14.4 Å². The Bertz CT molecular complexity index is 1550. The molecule has 4 aromatic rings. The molecule has 2 N–H and O–H groups in total. The van der Waals surface area contributed by atoms with Crippen LogP contribution < -0.4 is 10.6 Å². The molecule has 1 aromatic carbocycles. The minimum absolute atomic E-state index is 0.153. The van der Waals surface area contributed by atoms with Crippen molar-refractivity contribution in [1.29, 1.82) is 0 Å². The van der Waals surface area contributed by atoms with Crippen molar-refractivity contribution in [1.82, 2.24) is 45.0 Å². The molecule has 5 heterocycles. The summed E-state index contributed by atoms with van der Waals surface area (Å²) in [6, 6.07) is 8.63.